The Morgan fingerprint density at radius 2 is 2.00 bits per heavy atom. The van der Waals surface area contributed by atoms with Crippen molar-refractivity contribution in [1.82, 2.24) is 4.90 Å². The molecule has 1 fully saturated rings. The molecule has 1 heterocycles. The summed E-state index contributed by atoms with van der Waals surface area (Å²) in [5.74, 6) is -1.25. The third-order valence-corrected chi connectivity index (χ3v) is 3.48. The van der Waals surface area contributed by atoms with Crippen LogP contribution in [-0.2, 0) is 14.3 Å². The first kappa shape index (κ1) is 15.1. The Kier molecular flexibility index (Phi) is 4.59. The number of aliphatic carboxylic acids is 1. The Hall–Kier alpha value is -2.34. The van der Waals surface area contributed by atoms with Gasteiger partial charge >= 0.3 is 5.97 Å². The molecule has 1 aliphatic rings. The van der Waals surface area contributed by atoms with Gasteiger partial charge in [-0.2, -0.15) is 0 Å². The van der Waals surface area contributed by atoms with E-state index in [2.05, 4.69) is 0 Å². The Bertz CT molecular complexity index is 552. The summed E-state index contributed by atoms with van der Waals surface area (Å²) in [6.45, 7) is 0.270. The van der Waals surface area contributed by atoms with E-state index in [4.69, 9.17) is 9.84 Å². The summed E-state index contributed by atoms with van der Waals surface area (Å²) >= 11 is 0. The summed E-state index contributed by atoms with van der Waals surface area (Å²) in [6.07, 6.45) is 2.96. The normalized spacial score (nSPS) is 21.9. The van der Waals surface area contributed by atoms with Crippen molar-refractivity contribution < 1.29 is 24.5 Å². The van der Waals surface area contributed by atoms with Crippen molar-refractivity contribution in [3.05, 3.63) is 35.9 Å². The first-order chi connectivity index (χ1) is 10.0. The van der Waals surface area contributed by atoms with E-state index in [9.17, 15) is 14.7 Å². The molecule has 1 aromatic carbocycles. The fourth-order valence-corrected chi connectivity index (χ4v) is 2.29. The fourth-order valence-electron chi connectivity index (χ4n) is 2.29. The molecule has 0 saturated carbocycles. The lowest BCUT2D eigenvalue weighted by molar-refractivity contribution is -0.146. The van der Waals surface area contributed by atoms with Gasteiger partial charge in [0.25, 0.3) is 0 Å². The van der Waals surface area contributed by atoms with Crippen LogP contribution in [0.5, 0.6) is 5.75 Å². The molecule has 112 valence electrons. The highest BCUT2D eigenvalue weighted by Crippen LogP contribution is 2.21. The smallest absolute Gasteiger partial charge is 0.326 e. The maximum absolute atomic E-state index is 12.1. The number of hydrogen-bond acceptors (Lipinski definition) is 4. The number of ether oxygens (including phenoxy) is 1. The molecule has 0 spiro atoms. The molecule has 21 heavy (non-hydrogen) atoms. The minimum Gasteiger partial charge on any atom is -0.508 e. The molecule has 2 unspecified atom stereocenters. The third-order valence-electron chi connectivity index (χ3n) is 3.48. The van der Waals surface area contributed by atoms with Gasteiger partial charge in [-0.25, -0.2) is 4.79 Å². The predicted molar refractivity (Wildman–Crippen MR) is 75.7 cm³/mol. The van der Waals surface area contributed by atoms with Gasteiger partial charge in [0.2, 0.25) is 5.91 Å². The van der Waals surface area contributed by atoms with E-state index in [-0.39, 0.29) is 24.3 Å². The van der Waals surface area contributed by atoms with Crippen molar-refractivity contribution in [2.45, 2.75) is 18.6 Å². The molecular weight excluding hydrogens is 274 g/mol. The molecule has 0 bridgehead atoms. The number of nitrogens with zero attached hydrogens (tertiary/aromatic N) is 1. The lowest BCUT2D eigenvalue weighted by Crippen LogP contribution is -2.39. The van der Waals surface area contributed by atoms with Gasteiger partial charge < -0.3 is 19.8 Å². The summed E-state index contributed by atoms with van der Waals surface area (Å²) in [4.78, 5) is 24.6. The van der Waals surface area contributed by atoms with E-state index in [1.54, 1.807) is 18.2 Å². The summed E-state index contributed by atoms with van der Waals surface area (Å²) in [5.41, 5.74) is 0.746. The lowest BCUT2D eigenvalue weighted by atomic mass is 10.2. The first-order valence-corrected chi connectivity index (χ1v) is 6.54. The second kappa shape index (κ2) is 6.41. The standard InChI is InChI=1S/C15H17NO5/c1-21-12-8-13(15(19)20)16(9-12)14(18)7-4-10-2-5-11(17)6-3-10/h2-7,12-13,17H,8-9H2,1H3,(H,19,20)/b7-4+. The van der Waals surface area contributed by atoms with Crippen molar-refractivity contribution in [2.24, 2.45) is 0 Å². The Labute approximate surface area is 122 Å². The van der Waals surface area contributed by atoms with Crippen molar-refractivity contribution in [2.75, 3.05) is 13.7 Å². The van der Waals surface area contributed by atoms with E-state index < -0.39 is 12.0 Å². The van der Waals surface area contributed by atoms with Crippen LogP contribution < -0.4 is 0 Å². The SMILES string of the molecule is COC1CC(C(=O)O)N(C(=O)/C=C/c2ccc(O)cc2)C1. The van der Waals surface area contributed by atoms with Crippen LogP contribution in [0.1, 0.15) is 12.0 Å². The van der Waals surface area contributed by atoms with Gasteiger partial charge in [-0.1, -0.05) is 12.1 Å². The van der Waals surface area contributed by atoms with Crippen LogP contribution in [0.25, 0.3) is 6.08 Å². The second-order valence-corrected chi connectivity index (χ2v) is 4.86. The zero-order valence-electron chi connectivity index (χ0n) is 11.6. The largest absolute Gasteiger partial charge is 0.508 e. The number of carbonyl (C=O) groups excluding carboxylic acids is 1. The summed E-state index contributed by atoms with van der Waals surface area (Å²) in [6, 6.07) is 5.50. The second-order valence-electron chi connectivity index (χ2n) is 4.86. The van der Waals surface area contributed by atoms with E-state index >= 15 is 0 Å². The van der Waals surface area contributed by atoms with Gasteiger partial charge in [-0.15, -0.1) is 0 Å². The van der Waals surface area contributed by atoms with Crippen LogP contribution in [-0.4, -0.2) is 52.8 Å². The Balaban J connectivity index is 2.07. The van der Waals surface area contributed by atoms with Crippen molar-refractivity contribution >= 4 is 18.0 Å². The number of phenolic OH excluding ortho intramolecular Hbond substituents is 1. The van der Waals surface area contributed by atoms with Gasteiger partial charge in [0.15, 0.2) is 0 Å². The minimum atomic E-state index is -1.03. The zero-order chi connectivity index (χ0) is 15.4. The molecule has 2 atom stereocenters. The van der Waals surface area contributed by atoms with Gasteiger partial charge in [0.1, 0.15) is 11.8 Å². The summed E-state index contributed by atoms with van der Waals surface area (Å²) in [7, 11) is 1.50. The molecule has 0 radical (unpaired) electrons. The van der Waals surface area contributed by atoms with Gasteiger partial charge in [0, 0.05) is 26.2 Å². The highest BCUT2D eigenvalue weighted by atomic mass is 16.5. The molecule has 0 aliphatic carbocycles. The molecule has 1 amide bonds. The maximum Gasteiger partial charge on any atom is 0.326 e. The molecule has 1 aromatic rings. The first-order valence-electron chi connectivity index (χ1n) is 6.54. The number of methoxy groups -OCH3 is 1. The van der Waals surface area contributed by atoms with Crippen molar-refractivity contribution in [3.8, 4) is 5.75 Å². The van der Waals surface area contributed by atoms with Crippen molar-refractivity contribution in [3.63, 3.8) is 0 Å². The average Bonchev–Trinajstić information content (AvgIpc) is 2.91. The molecule has 6 heteroatoms. The van der Waals surface area contributed by atoms with Gasteiger partial charge in [-0.3, -0.25) is 4.79 Å². The molecule has 1 aliphatic heterocycles. The molecule has 1 saturated heterocycles. The highest BCUT2D eigenvalue weighted by Gasteiger charge is 2.38. The molecule has 2 rings (SSSR count). The Morgan fingerprint density at radius 3 is 2.57 bits per heavy atom. The van der Waals surface area contributed by atoms with E-state index in [0.717, 1.165) is 5.56 Å². The summed E-state index contributed by atoms with van der Waals surface area (Å²) < 4.78 is 5.14. The average molecular weight is 291 g/mol. The maximum atomic E-state index is 12.1. The Morgan fingerprint density at radius 1 is 1.33 bits per heavy atom. The number of carbonyl (C=O) groups is 2. The van der Waals surface area contributed by atoms with Crippen LogP contribution in [0.2, 0.25) is 0 Å². The number of rotatable bonds is 4. The highest BCUT2D eigenvalue weighted by molar-refractivity contribution is 5.94. The van der Waals surface area contributed by atoms with Gasteiger partial charge in [-0.05, 0) is 23.8 Å². The van der Waals surface area contributed by atoms with Gasteiger partial charge in [0.05, 0.1) is 6.10 Å². The molecule has 0 aromatic heterocycles. The number of amides is 1. The molecular formula is C15H17NO5. The number of likely N-dealkylation sites (tertiary alicyclic amines) is 1. The van der Waals surface area contributed by atoms with E-state index in [1.165, 1.54) is 30.2 Å². The lowest BCUT2D eigenvalue weighted by Gasteiger charge is -2.19. The number of benzene rings is 1. The monoisotopic (exact) mass is 291 g/mol. The summed E-state index contributed by atoms with van der Waals surface area (Å²) in [5, 5.41) is 18.3. The van der Waals surface area contributed by atoms with Crippen LogP contribution in [0, 0.1) is 0 Å². The third kappa shape index (κ3) is 3.61. The number of aromatic hydroxyl groups is 1. The predicted octanol–water partition coefficient (Wildman–Crippen LogP) is 1.11. The van der Waals surface area contributed by atoms with E-state index in [1.807, 2.05) is 0 Å². The number of carboxylic acid groups (broad SMARTS) is 1. The zero-order valence-corrected chi connectivity index (χ0v) is 11.6. The van der Waals surface area contributed by atoms with E-state index in [0.29, 0.717) is 6.42 Å². The van der Waals surface area contributed by atoms with Crippen LogP contribution >= 0.6 is 0 Å². The number of phenols is 1. The topological polar surface area (TPSA) is 87.1 Å². The minimum absolute atomic E-state index is 0.145. The molecule has 2 N–H and O–H groups in total. The van der Waals surface area contributed by atoms with Crippen molar-refractivity contribution in [1.29, 1.82) is 0 Å². The quantitative estimate of drug-likeness (QED) is 0.811. The fraction of sp³-hybridized carbons (Fsp3) is 0.333. The van der Waals surface area contributed by atoms with Crippen LogP contribution in [0.15, 0.2) is 30.3 Å². The molecule has 6 nitrogen and oxygen atoms in total. The number of carboxylic acids is 1. The number of hydrogen-bond donors (Lipinski definition) is 2. The van der Waals surface area contributed by atoms with Crippen LogP contribution in [0.4, 0.5) is 0 Å². The van der Waals surface area contributed by atoms with Crippen LogP contribution in [0.3, 0.4) is 0 Å².